The number of thiazole rings is 1. The van der Waals surface area contributed by atoms with Gasteiger partial charge in [-0.15, -0.1) is 11.3 Å². The van der Waals surface area contributed by atoms with Crippen molar-refractivity contribution < 1.29 is 16.2 Å². The monoisotopic (exact) mass is 216 g/mol. The van der Waals surface area contributed by atoms with Crippen LogP contribution in [0.3, 0.4) is 0 Å². The zero-order valence-electron chi connectivity index (χ0n) is 5.99. The van der Waals surface area contributed by atoms with Gasteiger partial charge in [-0.3, -0.25) is 0 Å². The summed E-state index contributed by atoms with van der Waals surface area (Å²) in [6, 6.07) is 0. The van der Waals surface area contributed by atoms with E-state index < -0.39 is 10.6 Å². The molecule has 0 aliphatic heterocycles. The standard InChI is InChI=1S/C4H6N2S.F2O2S/c1-3-2-7-4(5)6-3;1-5(2,3)4/h2H,1H3,(H2,5,6);. The van der Waals surface area contributed by atoms with Crippen molar-refractivity contribution in [2.75, 3.05) is 5.73 Å². The molecule has 0 unspecified atom stereocenters. The highest BCUT2D eigenvalue weighted by Gasteiger charge is 1.94. The van der Waals surface area contributed by atoms with Crippen LogP contribution in [0.4, 0.5) is 12.9 Å². The van der Waals surface area contributed by atoms with Gasteiger partial charge in [0.25, 0.3) is 0 Å². The van der Waals surface area contributed by atoms with Crippen LogP contribution in [0.1, 0.15) is 5.69 Å². The maximum atomic E-state index is 9.99. The van der Waals surface area contributed by atoms with Gasteiger partial charge < -0.3 is 5.73 Å². The fourth-order valence-corrected chi connectivity index (χ4v) is 0.913. The van der Waals surface area contributed by atoms with Gasteiger partial charge in [0.15, 0.2) is 5.13 Å². The molecular formula is C4H6F2N2O2S2. The van der Waals surface area contributed by atoms with Gasteiger partial charge in [-0.05, 0) is 6.92 Å². The van der Waals surface area contributed by atoms with Gasteiger partial charge in [0, 0.05) is 5.38 Å². The summed E-state index contributed by atoms with van der Waals surface area (Å²) >= 11 is 1.47. The van der Waals surface area contributed by atoms with Crippen molar-refractivity contribution in [1.29, 1.82) is 0 Å². The molecule has 1 heterocycles. The number of nitrogens with two attached hydrogens (primary N) is 1. The Morgan fingerprint density at radius 1 is 1.58 bits per heavy atom. The van der Waals surface area contributed by atoms with Crippen molar-refractivity contribution in [3.05, 3.63) is 11.1 Å². The Bertz CT molecular complexity index is 310. The first-order valence-corrected chi connectivity index (χ1v) is 4.77. The van der Waals surface area contributed by atoms with Crippen LogP contribution in [0.5, 0.6) is 0 Å². The maximum absolute atomic E-state index is 9.99. The van der Waals surface area contributed by atoms with E-state index in [1.165, 1.54) is 11.3 Å². The second-order valence-electron chi connectivity index (χ2n) is 1.71. The molecule has 0 saturated carbocycles. The summed E-state index contributed by atoms with van der Waals surface area (Å²) in [5.74, 6) is 0. The predicted octanol–water partition coefficient (Wildman–Crippen LogP) is 1.20. The number of hydrogen-bond donors (Lipinski definition) is 1. The largest absolute Gasteiger partial charge is 0.476 e. The molecule has 70 valence electrons. The molecule has 1 aromatic heterocycles. The van der Waals surface area contributed by atoms with Crippen LogP contribution in [0, 0.1) is 6.92 Å². The lowest BCUT2D eigenvalue weighted by Gasteiger charge is -1.72. The van der Waals surface area contributed by atoms with E-state index in [9.17, 15) is 7.77 Å². The van der Waals surface area contributed by atoms with E-state index in [0.29, 0.717) is 5.13 Å². The first kappa shape index (κ1) is 11.2. The molecule has 1 aromatic rings. The Balaban J connectivity index is 0.000000217. The second kappa shape index (κ2) is 4.31. The molecule has 0 amide bonds. The van der Waals surface area contributed by atoms with E-state index in [2.05, 4.69) is 4.98 Å². The number of halogens is 2. The van der Waals surface area contributed by atoms with Crippen LogP contribution in [0.15, 0.2) is 5.38 Å². The predicted molar refractivity (Wildman–Crippen MR) is 42.4 cm³/mol. The van der Waals surface area contributed by atoms with E-state index in [0.717, 1.165) is 5.69 Å². The zero-order valence-corrected chi connectivity index (χ0v) is 7.62. The first-order valence-electron chi connectivity index (χ1n) is 2.61. The molecule has 0 fully saturated rings. The lowest BCUT2D eigenvalue weighted by molar-refractivity contribution is 0.501. The van der Waals surface area contributed by atoms with Gasteiger partial charge in [0.2, 0.25) is 0 Å². The Labute approximate surface area is 72.5 Å². The van der Waals surface area contributed by atoms with Crippen molar-refractivity contribution in [3.63, 3.8) is 0 Å². The third-order valence-electron chi connectivity index (χ3n) is 0.637. The van der Waals surface area contributed by atoms with E-state index in [4.69, 9.17) is 14.2 Å². The van der Waals surface area contributed by atoms with Gasteiger partial charge in [-0.2, -0.15) is 8.42 Å². The summed E-state index contributed by atoms with van der Waals surface area (Å²) < 4.78 is 36.6. The molecule has 0 aliphatic carbocycles. The van der Waals surface area contributed by atoms with Crippen LogP contribution >= 0.6 is 11.3 Å². The van der Waals surface area contributed by atoms with Crippen LogP contribution in [-0.2, 0) is 10.6 Å². The van der Waals surface area contributed by atoms with Crippen molar-refractivity contribution in [1.82, 2.24) is 4.98 Å². The van der Waals surface area contributed by atoms with Crippen LogP contribution in [0.25, 0.3) is 0 Å². The Morgan fingerprint density at radius 3 is 2.08 bits per heavy atom. The summed E-state index contributed by atoms with van der Waals surface area (Å²) in [6.45, 7) is 1.92. The summed E-state index contributed by atoms with van der Waals surface area (Å²) in [5.41, 5.74) is 6.29. The molecule has 0 spiro atoms. The summed E-state index contributed by atoms with van der Waals surface area (Å²) in [6.07, 6.45) is 0. The van der Waals surface area contributed by atoms with E-state index in [1.54, 1.807) is 0 Å². The lowest BCUT2D eigenvalue weighted by Crippen LogP contribution is -1.80. The normalized spacial score (nSPS) is 10.2. The number of anilines is 1. The van der Waals surface area contributed by atoms with Crippen LogP contribution < -0.4 is 5.73 Å². The van der Waals surface area contributed by atoms with E-state index in [1.807, 2.05) is 12.3 Å². The number of nitrogens with zero attached hydrogens (tertiary/aromatic N) is 1. The fraction of sp³-hybridized carbons (Fsp3) is 0.250. The quantitative estimate of drug-likeness (QED) is 0.661. The highest BCUT2D eigenvalue weighted by molar-refractivity contribution is 7.81. The topological polar surface area (TPSA) is 73.0 Å². The average molecular weight is 216 g/mol. The van der Waals surface area contributed by atoms with E-state index >= 15 is 0 Å². The van der Waals surface area contributed by atoms with Crippen molar-refractivity contribution in [2.24, 2.45) is 0 Å². The smallest absolute Gasteiger partial charge is 0.375 e. The van der Waals surface area contributed by atoms with Gasteiger partial charge >= 0.3 is 10.6 Å². The molecule has 1 rings (SSSR count). The molecule has 0 atom stereocenters. The van der Waals surface area contributed by atoms with Crippen LogP contribution in [-0.4, -0.2) is 13.4 Å². The zero-order chi connectivity index (χ0) is 9.78. The minimum atomic E-state index is -5.67. The van der Waals surface area contributed by atoms with Gasteiger partial charge in [-0.1, -0.05) is 7.77 Å². The molecule has 8 heteroatoms. The molecule has 0 saturated heterocycles. The molecule has 0 aromatic carbocycles. The third kappa shape index (κ3) is 9.24. The number of hydrogen-bond acceptors (Lipinski definition) is 5. The number of nitrogen functional groups attached to an aromatic ring is 1. The van der Waals surface area contributed by atoms with Gasteiger partial charge in [0.1, 0.15) is 0 Å². The maximum Gasteiger partial charge on any atom is 0.476 e. The third-order valence-corrected chi connectivity index (χ3v) is 1.43. The van der Waals surface area contributed by atoms with Crippen molar-refractivity contribution >= 4 is 27.1 Å². The average Bonchev–Trinajstić information content (AvgIpc) is 2.09. The fourth-order valence-electron chi connectivity index (χ4n) is 0.372. The highest BCUT2D eigenvalue weighted by atomic mass is 32.3. The molecule has 2 N–H and O–H groups in total. The highest BCUT2D eigenvalue weighted by Crippen LogP contribution is 2.08. The second-order valence-corrected chi connectivity index (χ2v) is 3.35. The first-order chi connectivity index (χ1) is 5.29. The molecular weight excluding hydrogens is 210 g/mol. The van der Waals surface area contributed by atoms with Gasteiger partial charge in [-0.25, -0.2) is 4.98 Å². The van der Waals surface area contributed by atoms with Gasteiger partial charge in [0.05, 0.1) is 5.69 Å². The number of aryl methyl sites for hydroxylation is 1. The summed E-state index contributed by atoms with van der Waals surface area (Å²) in [7, 11) is -5.67. The molecule has 4 nitrogen and oxygen atoms in total. The molecule has 12 heavy (non-hydrogen) atoms. The minimum absolute atomic E-state index is 0.650. The SMILES string of the molecule is Cc1csc(N)n1.O=S(=O)(F)F. The number of rotatable bonds is 0. The van der Waals surface area contributed by atoms with Crippen molar-refractivity contribution in [2.45, 2.75) is 6.92 Å². The van der Waals surface area contributed by atoms with Crippen LogP contribution in [0.2, 0.25) is 0 Å². The summed E-state index contributed by atoms with van der Waals surface area (Å²) in [5, 5.41) is 2.58. The Kier molecular flexibility index (Phi) is 4.04. The molecule has 0 aliphatic rings. The molecule has 0 radical (unpaired) electrons. The minimum Gasteiger partial charge on any atom is -0.375 e. The Hall–Kier alpha value is -0.760. The van der Waals surface area contributed by atoms with Crippen molar-refractivity contribution in [3.8, 4) is 0 Å². The summed E-state index contributed by atoms with van der Waals surface area (Å²) in [4.78, 5) is 3.91. The van der Waals surface area contributed by atoms with E-state index in [-0.39, 0.29) is 0 Å². The Morgan fingerprint density at radius 2 is 2.00 bits per heavy atom. The molecule has 0 bridgehead atoms. The number of aromatic nitrogens is 1. The lowest BCUT2D eigenvalue weighted by atomic mass is 10.6.